The maximum absolute atomic E-state index is 5.51. The van der Waals surface area contributed by atoms with Crippen LogP contribution < -0.4 is 5.73 Å². The lowest BCUT2D eigenvalue weighted by Crippen LogP contribution is -2.00. The summed E-state index contributed by atoms with van der Waals surface area (Å²) in [5, 5.41) is 5.58. The number of aryl methyl sites for hydroxylation is 2. The molecule has 0 bridgehead atoms. The highest BCUT2D eigenvalue weighted by atomic mass is 79.9. The van der Waals surface area contributed by atoms with Gasteiger partial charge in [-0.15, -0.1) is 0 Å². The molecule has 2 aromatic rings. The van der Waals surface area contributed by atoms with E-state index < -0.39 is 0 Å². The summed E-state index contributed by atoms with van der Waals surface area (Å²) in [4.78, 5) is 0. The zero-order valence-electron chi connectivity index (χ0n) is 9.41. The van der Waals surface area contributed by atoms with Crippen LogP contribution in [-0.2, 0) is 13.5 Å². The Hall–Kier alpha value is -0.870. The van der Waals surface area contributed by atoms with Gasteiger partial charge in [0, 0.05) is 12.4 Å². The van der Waals surface area contributed by atoms with Crippen LogP contribution in [0.25, 0.3) is 10.9 Å². The van der Waals surface area contributed by atoms with Gasteiger partial charge in [0.25, 0.3) is 0 Å². The molecule has 2 rings (SSSR count). The normalized spacial score (nSPS) is 11.2. The highest BCUT2D eigenvalue weighted by Crippen LogP contribution is 2.26. The smallest absolute Gasteiger partial charge is 0.135 e. The van der Waals surface area contributed by atoms with Gasteiger partial charge >= 0.3 is 0 Å². The van der Waals surface area contributed by atoms with Gasteiger partial charge < -0.3 is 5.73 Å². The van der Waals surface area contributed by atoms with Gasteiger partial charge in [-0.25, -0.2) is 0 Å². The fourth-order valence-electron chi connectivity index (χ4n) is 2.04. The first-order chi connectivity index (χ1) is 7.74. The number of hydrogen-bond donors (Lipinski definition) is 1. The molecular formula is C12H16BrN3. The molecule has 0 saturated carbocycles. The van der Waals surface area contributed by atoms with Crippen LogP contribution in [0.1, 0.15) is 18.4 Å². The van der Waals surface area contributed by atoms with Crippen molar-refractivity contribution in [3.8, 4) is 0 Å². The number of nitrogens with two attached hydrogens (primary N) is 1. The summed E-state index contributed by atoms with van der Waals surface area (Å²) < 4.78 is 2.86. The summed E-state index contributed by atoms with van der Waals surface area (Å²) in [6.45, 7) is 0.769. The summed E-state index contributed by atoms with van der Waals surface area (Å²) >= 11 is 3.48. The summed E-state index contributed by atoms with van der Waals surface area (Å²) in [5.74, 6) is 0. The molecule has 0 aliphatic heterocycles. The van der Waals surface area contributed by atoms with Gasteiger partial charge in [0.15, 0.2) is 0 Å². The van der Waals surface area contributed by atoms with Crippen molar-refractivity contribution in [3.63, 3.8) is 0 Å². The van der Waals surface area contributed by atoms with Crippen LogP contribution in [0, 0.1) is 0 Å². The second-order valence-electron chi connectivity index (χ2n) is 3.97. The molecule has 0 amide bonds. The quantitative estimate of drug-likeness (QED) is 0.876. The maximum atomic E-state index is 5.51. The fourth-order valence-corrected chi connectivity index (χ4v) is 2.59. The first kappa shape index (κ1) is 11.6. The van der Waals surface area contributed by atoms with Gasteiger partial charge in [-0.2, -0.15) is 5.10 Å². The van der Waals surface area contributed by atoms with Crippen LogP contribution in [0.2, 0.25) is 0 Å². The molecule has 1 heterocycles. The van der Waals surface area contributed by atoms with E-state index in [1.165, 1.54) is 16.5 Å². The Morgan fingerprint density at radius 3 is 2.94 bits per heavy atom. The predicted octanol–water partition coefficient (Wildman–Crippen LogP) is 2.62. The maximum Gasteiger partial charge on any atom is 0.135 e. The summed E-state index contributed by atoms with van der Waals surface area (Å²) in [5.41, 5.74) is 8.10. The Morgan fingerprint density at radius 2 is 2.19 bits per heavy atom. The third-order valence-corrected chi connectivity index (χ3v) is 3.39. The van der Waals surface area contributed by atoms with Crippen molar-refractivity contribution in [1.82, 2.24) is 9.78 Å². The summed E-state index contributed by atoms with van der Waals surface area (Å²) in [7, 11) is 1.99. The van der Waals surface area contributed by atoms with E-state index in [1.807, 2.05) is 11.7 Å². The molecule has 0 atom stereocenters. The van der Waals surface area contributed by atoms with Gasteiger partial charge in [-0.3, -0.25) is 4.68 Å². The van der Waals surface area contributed by atoms with Gasteiger partial charge in [-0.1, -0.05) is 18.2 Å². The minimum Gasteiger partial charge on any atom is -0.330 e. The molecular weight excluding hydrogens is 266 g/mol. The van der Waals surface area contributed by atoms with E-state index in [0.717, 1.165) is 30.4 Å². The van der Waals surface area contributed by atoms with E-state index >= 15 is 0 Å². The SMILES string of the molecule is Cn1nc(Br)c2cccc(CCCCN)c21. The molecule has 3 nitrogen and oxygen atoms in total. The lowest BCUT2D eigenvalue weighted by molar-refractivity contribution is 0.737. The Balaban J connectivity index is 2.37. The van der Waals surface area contributed by atoms with E-state index in [2.05, 4.69) is 39.2 Å². The van der Waals surface area contributed by atoms with Gasteiger partial charge in [0.05, 0.1) is 5.52 Å². The van der Waals surface area contributed by atoms with Crippen LogP contribution in [0.3, 0.4) is 0 Å². The average Bonchev–Trinajstić information content (AvgIpc) is 2.56. The number of hydrogen-bond acceptors (Lipinski definition) is 2. The van der Waals surface area contributed by atoms with Gasteiger partial charge in [-0.05, 0) is 47.3 Å². The Kier molecular flexibility index (Phi) is 3.61. The zero-order chi connectivity index (χ0) is 11.5. The van der Waals surface area contributed by atoms with Crippen molar-refractivity contribution in [2.24, 2.45) is 12.8 Å². The standard InChI is InChI=1S/C12H16BrN3/c1-16-11-9(5-2-3-8-14)6-4-7-10(11)12(13)15-16/h4,6-7H,2-3,5,8,14H2,1H3. The van der Waals surface area contributed by atoms with Gasteiger partial charge in [0.1, 0.15) is 4.60 Å². The Labute approximate surface area is 104 Å². The minimum absolute atomic E-state index is 0.769. The van der Waals surface area contributed by atoms with Gasteiger partial charge in [0.2, 0.25) is 0 Å². The number of nitrogens with zero attached hydrogens (tertiary/aromatic N) is 2. The fraction of sp³-hybridized carbons (Fsp3) is 0.417. The van der Waals surface area contributed by atoms with Crippen molar-refractivity contribution < 1.29 is 0 Å². The van der Waals surface area contributed by atoms with E-state index in [0.29, 0.717) is 0 Å². The van der Waals surface area contributed by atoms with Crippen LogP contribution in [0.5, 0.6) is 0 Å². The third kappa shape index (κ3) is 2.13. The lowest BCUT2D eigenvalue weighted by atomic mass is 10.1. The van der Waals surface area contributed by atoms with Crippen LogP contribution in [0.4, 0.5) is 0 Å². The van der Waals surface area contributed by atoms with Crippen molar-refractivity contribution in [1.29, 1.82) is 0 Å². The van der Waals surface area contributed by atoms with Crippen LogP contribution in [0.15, 0.2) is 22.8 Å². The molecule has 0 unspecified atom stereocenters. The lowest BCUT2D eigenvalue weighted by Gasteiger charge is -2.04. The molecule has 0 aliphatic carbocycles. The largest absolute Gasteiger partial charge is 0.330 e. The topological polar surface area (TPSA) is 43.8 Å². The predicted molar refractivity (Wildman–Crippen MR) is 70.4 cm³/mol. The molecule has 1 aromatic carbocycles. The number of rotatable bonds is 4. The van der Waals surface area contributed by atoms with E-state index in [9.17, 15) is 0 Å². The van der Waals surface area contributed by atoms with Crippen molar-refractivity contribution in [2.45, 2.75) is 19.3 Å². The van der Waals surface area contributed by atoms with Crippen molar-refractivity contribution >= 4 is 26.8 Å². The molecule has 0 spiro atoms. The second-order valence-corrected chi connectivity index (χ2v) is 4.72. The number of para-hydroxylation sites is 1. The molecule has 4 heteroatoms. The molecule has 0 saturated heterocycles. The number of aromatic nitrogens is 2. The first-order valence-corrected chi connectivity index (χ1v) is 6.33. The minimum atomic E-state index is 0.769. The van der Waals surface area contributed by atoms with Crippen LogP contribution in [-0.4, -0.2) is 16.3 Å². The summed E-state index contributed by atoms with van der Waals surface area (Å²) in [6.07, 6.45) is 3.29. The molecule has 1 aromatic heterocycles. The van der Waals surface area contributed by atoms with Crippen molar-refractivity contribution in [2.75, 3.05) is 6.54 Å². The molecule has 0 aliphatic rings. The molecule has 16 heavy (non-hydrogen) atoms. The molecule has 0 fully saturated rings. The molecule has 2 N–H and O–H groups in total. The van der Waals surface area contributed by atoms with E-state index in [1.54, 1.807) is 0 Å². The highest BCUT2D eigenvalue weighted by molar-refractivity contribution is 9.10. The average molecular weight is 282 g/mol. The molecule has 0 radical (unpaired) electrons. The number of benzene rings is 1. The Bertz CT molecular complexity index is 490. The van der Waals surface area contributed by atoms with Crippen LogP contribution >= 0.6 is 15.9 Å². The number of fused-ring (bicyclic) bond motifs is 1. The van der Waals surface area contributed by atoms with E-state index in [-0.39, 0.29) is 0 Å². The third-order valence-electron chi connectivity index (χ3n) is 2.80. The monoisotopic (exact) mass is 281 g/mol. The summed E-state index contributed by atoms with van der Waals surface area (Å²) in [6, 6.07) is 6.36. The highest BCUT2D eigenvalue weighted by Gasteiger charge is 2.09. The van der Waals surface area contributed by atoms with E-state index in [4.69, 9.17) is 5.73 Å². The number of unbranched alkanes of at least 4 members (excludes halogenated alkanes) is 1. The first-order valence-electron chi connectivity index (χ1n) is 5.54. The second kappa shape index (κ2) is 4.97. The molecule has 86 valence electrons. The Morgan fingerprint density at radius 1 is 1.38 bits per heavy atom. The number of halogens is 1. The zero-order valence-corrected chi connectivity index (χ0v) is 11.0. The van der Waals surface area contributed by atoms with Crippen molar-refractivity contribution in [3.05, 3.63) is 28.4 Å².